The van der Waals surface area contributed by atoms with E-state index < -0.39 is 0 Å². The normalized spacial score (nSPS) is 42.1. The van der Waals surface area contributed by atoms with Crippen LogP contribution in [-0.4, -0.2) is 77.1 Å². The SMILES string of the molecule is COCCNC1CC(C2NOC([C@H]3CCC[NH+]3CC3CCCCN3)N2)CC[NH2+]1. The summed E-state index contributed by atoms with van der Waals surface area (Å²) in [7, 11) is 1.76. The van der Waals surface area contributed by atoms with Gasteiger partial charge in [0.15, 0.2) is 6.23 Å². The first-order chi connectivity index (χ1) is 13.8. The van der Waals surface area contributed by atoms with Crippen LogP contribution in [0.5, 0.6) is 0 Å². The van der Waals surface area contributed by atoms with E-state index >= 15 is 0 Å². The van der Waals surface area contributed by atoms with Crippen molar-refractivity contribution >= 4 is 0 Å². The third kappa shape index (κ3) is 5.43. The number of rotatable bonds is 8. The number of hydroxylamine groups is 1. The van der Waals surface area contributed by atoms with E-state index in [1.54, 1.807) is 12.0 Å². The average molecular weight is 399 g/mol. The van der Waals surface area contributed by atoms with Crippen LogP contribution in [-0.2, 0) is 9.57 Å². The Morgan fingerprint density at radius 3 is 3.04 bits per heavy atom. The highest BCUT2D eigenvalue weighted by Gasteiger charge is 2.44. The van der Waals surface area contributed by atoms with Gasteiger partial charge in [-0.1, -0.05) is 6.42 Å². The molecular formula is C20H42N6O2+2. The van der Waals surface area contributed by atoms with E-state index in [0.717, 1.165) is 19.6 Å². The molecule has 0 spiro atoms. The zero-order chi connectivity index (χ0) is 19.2. The Balaban J connectivity index is 1.24. The first-order valence-electron chi connectivity index (χ1n) is 11.6. The maximum atomic E-state index is 6.10. The van der Waals surface area contributed by atoms with Gasteiger partial charge in [-0.2, -0.15) is 5.48 Å². The van der Waals surface area contributed by atoms with Crippen LogP contribution in [0, 0.1) is 5.92 Å². The van der Waals surface area contributed by atoms with Gasteiger partial charge in [0.1, 0.15) is 12.2 Å². The standard InChI is InChI=1S/C20H40N6O2/c1-27-12-10-23-18-13-15(7-9-22-18)19-24-20(28-25-19)17-6-4-11-26(17)14-16-5-2-3-8-21-16/h15-25H,2-14H2,1H3/p+2/t15?,16?,17-,18?,19?,20?/m1/s1. The van der Waals surface area contributed by atoms with Gasteiger partial charge in [0, 0.05) is 45.3 Å². The lowest BCUT2D eigenvalue weighted by atomic mass is 9.92. The molecule has 4 aliphatic heterocycles. The van der Waals surface area contributed by atoms with E-state index in [0.29, 0.717) is 24.2 Å². The van der Waals surface area contributed by atoms with Gasteiger partial charge < -0.3 is 20.3 Å². The summed E-state index contributed by atoms with van der Waals surface area (Å²) in [6.07, 6.45) is 9.97. The predicted octanol–water partition coefficient (Wildman–Crippen LogP) is -2.51. The van der Waals surface area contributed by atoms with Crippen molar-refractivity contribution in [1.82, 2.24) is 21.4 Å². The largest absolute Gasteiger partial charge is 0.383 e. The third-order valence-electron chi connectivity index (χ3n) is 7.22. The minimum absolute atomic E-state index is 0.150. The highest BCUT2D eigenvalue weighted by Crippen LogP contribution is 2.20. The van der Waals surface area contributed by atoms with Gasteiger partial charge >= 0.3 is 0 Å². The second-order valence-corrected chi connectivity index (χ2v) is 9.17. The molecule has 0 radical (unpaired) electrons. The summed E-state index contributed by atoms with van der Waals surface area (Å²) in [4.78, 5) is 7.83. The smallest absolute Gasteiger partial charge is 0.183 e. The minimum atomic E-state index is 0.150. The lowest BCUT2D eigenvalue weighted by Gasteiger charge is -2.32. The molecule has 7 N–H and O–H groups in total. The van der Waals surface area contributed by atoms with Crippen molar-refractivity contribution in [2.45, 2.75) is 75.6 Å². The molecule has 0 saturated carbocycles. The summed E-state index contributed by atoms with van der Waals surface area (Å²) in [5, 5.41) is 13.6. The number of piperidine rings is 2. The summed E-state index contributed by atoms with van der Waals surface area (Å²) >= 11 is 0. The molecule has 4 heterocycles. The predicted molar refractivity (Wildman–Crippen MR) is 107 cm³/mol. The molecule has 4 rings (SSSR count). The summed E-state index contributed by atoms with van der Waals surface area (Å²) in [6, 6.07) is 1.27. The molecular weight excluding hydrogens is 356 g/mol. The highest BCUT2D eigenvalue weighted by atomic mass is 16.7. The minimum Gasteiger partial charge on any atom is -0.383 e. The molecule has 0 aliphatic carbocycles. The second-order valence-electron chi connectivity index (χ2n) is 9.17. The number of hydrogen-bond acceptors (Lipinski definition) is 6. The second kappa shape index (κ2) is 10.6. The Hall–Kier alpha value is -0.320. The molecule has 6 unspecified atom stereocenters. The van der Waals surface area contributed by atoms with Crippen LogP contribution in [0.2, 0.25) is 0 Å². The Morgan fingerprint density at radius 1 is 1.21 bits per heavy atom. The van der Waals surface area contributed by atoms with Gasteiger partial charge in [0.25, 0.3) is 0 Å². The van der Waals surface area contributed by atoms with E-state index in [9.17, 15) is 0 Å². The fraction of sp³-hybridized carbons (Fsp3) is 1.00. The molecule has 0 amide bonds. The fourth-order valence-corrected chi connectivity index (χ4v) is 5.66. The van der Waals surface area contributed by atoms with Gasteiger partial charge in [0.2, 0.25) is 0 Å². The maximum absolute atomic E-state index is 6.10. The maximum Gasteiger partial charge on any atom is 0.183 e. The van der Waals surface area contributed by atoms with E-state index in [1.165, 1.54) is 64.7 Å². The molecule has 28 heavy (non-hydrogen) atoms. The highest BCUT2D eigenvalue weighted by molar-refractivity contribution is 4.85. The topological polar surface area (TPSA) is 87.6 Å². The number of nitrogens with two attached hydrogens (primary N) is 1. The monoisotopic (exact) mass is 398 g/mol. The summed E-state index contributed by atoms with van der Waals surface area (Å²) in [5.74, 6) is 0.611. The molecule has 7 atom stereocenters. The number of quaternary nitrogens is 2. The molecule has 4 saturated heterocycles. The van der Waals surface area contributed by atoms with Crippen molar-refractivity contribution in [3.63, 3.8) is 0 Å². The molecule has 0 aromatic carbocycles. The van der Waals surface area contributed by atoms with E-state index in [1.807, 2.05) is 0 Å². The van der Waals surface area contributed by atoms with Gasteiger partial charge in [-0.3, -0.25) is 15.5 Å². The summed E-state index contributed by atoms with van der Waals surface area (Å²) < 4.78 is 5.17. The first kappa shape index (κ1) is 20.9. The van der Waals surface area contributed by atoms with Crippen LogP contribution in [0.3, 0.4) is 0 Å². The fourth-order valence-electron chi connectivity index (χ4n) is 5.66. The number of methoxy groups -OCH3 is 1. The van der Waals surface area contributed by atoms with Crippen molar-refractivity contribution in [2.24, 2.45) is 5.92 Å². The van der Waals surface area contributed by atoms with E-state index in [-0.39, 0.29) is 12.4 Å². The van der Waals surface area contributed by atoms with E-state index in [2.05, 4.69) is 26.7 Å². The van der Waals surface area contributed by atoms with Crippen LogP contribution in [0.1, 0.15) is 44.9 Å². The van der Waals surface area contributed by atoms with Crippen molar-refractivity contribution in [3.05, 3.63) is 0 Å². The number of nitrogens with one attached hydrogen (secondary N) is 5. The van der Waals surface area contributed by atoms with Crippen molar-refractivity contribution in [1.29, 1.82) is 0 Å². The van der Waals surface area contributed by atoms with Gasteiger partial charge in [-0.25, -0.2) is 0 Å². The first-order valence-corrected chi connectivity index (χ1v) is 11.6. The Bertz CT molecular complexity index is 464. The Morgan fingerprint density at radius 2 is 2.18 bits per heavy atom. The van der Waals surface area contributed by atoms with Crippen LogP contribution in [0.15, 0.2) is 0 Å². The van der Waals surface area contributed by atoms with Crippen LogP contribution in [0.4, 0.5) is 0 Å². The van der Waals surface area contributed by atoms with Gasteiger partial charge in [0.05, 0.1) is 38.4 Å². The zero-order valence-electron chi connectivity index (χ0n) is 17.6. The average Bonchev–Trinajstić information content (AvgIpc) is 3.39. The quantitative estimate of drug-likeness (QED) is 0.253. The Kier molecular flexibility index (Phi) is 7.95. The molecule has 4 aliphatic rings. The number of likely N-dealkylation sites (tertiary alicyclic amines) is 1. The lowest BCUT2D eigenvalue weighted by Crippen LogP contribution is -3.16. The molecule has 8 nitrogen and oxygen atoms in total. The molecule has 8 heteroatoms. The summed E-state index contributed by atoms with van der Waals surface area (Å²) in [5.41, 5.74) is 3.36. The zero-order valence-corrected chi connectivity index (χ0v) is 17.6. The molecule has 0 aromatic heterocycles. The van der Waals surface area contributed by atoms with E-state index in [4.69, 9.17) is 9.57 Å². The van der Waals surface area contributed by atoms with Crippen LogP contribution in [0.25, 0.3) is 0 Å². The molecule has 0 aromatic rings. The third-order valence-corrected chi connectivity index (χ3v) is 7.22. The van der Waals surface area contributed by atoms with Gasteiger partial charge in [-0.15, -0.1) is 0 Å². The van der Waals surface area contributed by atoms with Crippen LogP contribution < -0.4 is 31.6 Å². The van der Waals surface area contributed by atoms with Crippen molar-refractivity contribution < 1.29 is 19.8 Å². The molecule has 162 valence electrons. The molecule has 4 fully saturated rings. The van der Waals surface area contributed by atoms with Gasteiger partial charge in [-0.05, 0) is 19.4 Å². The number of hydrogen-bond donors (Lipinski definition) is 6. The Labute approximate surface area is 169 Å². The van der Waals surface area contributed by atoms with Crippen molar-refractivity contribution in [2.75, 3.05) is 46.4 Å². The van der Waals surface area contributed by atoms with Crippen molar-refractivity contribution in [3.8, 4) is 0 Å². The number of ether oxygens (including phenoxy) is 1. The van der Waals surface area contributed by atoms with Crippen LogP contribution >= 0.6 is 0 Å². The lowest BCUT2D eigenvalue weighted by molar-refractivity contribution is -0.917. The molecule has 0 bridgehead atoms. The summed E-state index contributed by atoms with van der Waals surface area (Å²) in [6.45, 7) is 6.61.